The molecule has 0 spiro atoms. The molecule has 0 radical (unpaired) electrons. The van der Waals surface area contributed by atoms with Gasteiger partial charge in [-0.2, -0.15) is 0 Å². The van der Waals surface area contributed by atoms with Crippen molar-refractivity contribution in [2.75, 3.05) is 0 Å². The predicted molar refractivity (Wildman–Crippen MR) is 109 cm³/mol. The van der Waals surface area contributed by atoms with Crippen molar-refractivity contribution in [3.8, 4) is 0 Å². The zero-order chi connectivity index (χ0) is 21.7. The van der Waals surface area contributed by atoms with Gasteiger partial charge in [-0.05, 0) is 0 Å². The number of aliphatic hydroxyl groups excluding tert-OH is 2. The van der Waals surface area contributed by atoms with Gasteiger partial charge in [0.2, 0.25) is 0 Å². The average molecular weight is 427 g/mol. The van der Waals surface area contributed by atoms with Crippen molar-refractivity contribution in [2.45, 2.75) is 83.1 Å². The van der Waals surface area contributed by atoms with Crippen molar-refractivity contribution in [3.63, 3.8) is 0 Å². The third-order valence-electron chi connectivity index (χ3n) is 3.55. The number of carbonyl (C=O) groups is 2. The molecule has 0 atom stereocenters. The molecule has 5 heteroatoms. The maximum absolute atomic E-state index is 11.5. The van der Waals surface area contributed by atoms with E-state index >= 15 is 0 Å². The van der Waals surface area contributed by atoms with Gasteiger partial charge < -0.3 is 10.2 Å². The second-order valence-electron chi connectivity index (χ2n) is 10.8. The number of ketones is 2. The molecule has 0 aromatic carbocycles. The molecule has 0 saturated carbocycles. The van der Waals surface area contributed by atoms with Gasteiger partial charge in [0.05, 0.1) is 0 Å². The molecule has 0 saturated heterocycles. The molecule has 0 fully saturated rings. The Morgan fingerprint density at radius 2 is 0.704 bits per heavy atom. The Morgan fingerprint density at radius 3 is 0.815 bits per heavy atom. The fourth-order valence-corrected chi connectivity index (χ4v) is 1.11. The first-order valence-electron chi connectivity index (χ1n) is 9.01. The molecule has 0 aromatic rings. The first-order valence-corrected chi connectivity index (χ1v) is 9.01. The van der Waals surface area contributed by atoms with E-state index in [0.29, 0.717) is 0 Å². The van der Waals surface area contributed by atoms with Gasteiger partial charge in [-0.3, -0.25) is 9.59 Å². The summed E-state index contributed by atoms with van der Waals surface area (Å²) in [7, 11) is 0. The minimum Gasteiger partial charge on any atom is -0.512 e. The number of allylic oxidation sites excluding steroid dienone is 4. The fraction of sp³-hybridized carbons (Fsp3) is 0.727. The van der Waals surface area contributed by atoms with Gasteiger partial charge in [0.15, 0.2) is 11.6 Å². The third kappa shape index (κ3) is 13.7. The van der Waals surface area contributed by atoms with Gasteiger partial charge >= 0.3 is 0 Å². The summed E-state index contributed by atoms with van der Waals surface area (Å²) in [5.41, 5.74) is -1.53. The van der Waals surface area contributed by atoms with E-state index in [4.69, 9.17) is 0 Å². The second-order valence-corrected chi connectivity index (χ2v) is 10.8. The molecule has 0 amide bonds. The Bertz CT molecular complexity index is 505. The summed E-state index contributed by atoms with van der Waals surface area (Å²) in [4.78, 5) is 23.0. The molecule has 4 nitrogen and oxygen atoms in total. The Kier molecular flexibility index (Phi) is 11.9. The van der Waals surface area contributed by atoms with Crippen molar-refractivity contribution in [1.82, 2.24) is 0 Å². The molecule has 0 rings (SSSR count). The summed E-state index contributed by atoms with van der Waals surface area (Å²) in [5.74, 6) is 0.208. The zero-order valence-electron chi connectivity index (χ0n) is 19.2. The van der Waals surface area contributed by atoms with Crippen LogP contribution in [0.2, 0.25) is 0 Å². The number of rotatable bonds is 2. The summed E-state index contributed by atoms with van der Waals surface area (Å²) in [6, 6.07) is 0. The van der Waals surface area contributed by atoms with Crippen molar-refractivity contribution in [1.29, 1.82) is 0 Å². The van der Waals surface area contributed by atoms with Crippen molar-refractivity contribution in [2.24, 2.45) is 21.7 Å². The first-order chi connectivity index (χ1) is 11.1. The van der Waals surface area contributed by atoms with E-state index < -0.39 is 10.8 Å². The second kappa shape index (κ2) is 10.5. The van der Waals surface area contributed by atoms with Crippen LogP contribution >= 0.6 is 0 Å². The van der Waals surface area contributed by atoms with Crippen LogP contribution in [0.3, 0.4) is 0 Å². The fourth-order valence-electron chi connectivity index (χ4n) is 1.11. The molecule has 162 valence electrons. The summed E-state index contributed by atoms with van der Waals surface area (Å²) < 4.78 is 0. The Balaban J connectivity index is -0.000000411. The minimum atomic E-state index is -0.417. The number of aliphatic hydroxyl groups is 2. The van der Waals surface area contributed by atoms with E-state index in [0.717, 1.165) is 0 Å². The van der Waals surface area contributed by atoms with Crippen LogP contribution in [0, 0.1) is 21.7 Å². The van der Waals surface area contributed by atoms with Crippen LogP contribution in [0.1, 0.15) is 83.1 Å². The van der Waals surface area contributed by atoms with Crippen LogP contribution in [-0.2, 0) is 26.1 Å². The van der Waals surface area contributed by atoms with Gasteiger partial charge in [-0.25, -0.2) is 0 Å². The first kappa shape index (κ1) is 30.6. The van der Waals surface area contributed by atoms with Gasteiger partial charge in [-0.1, -0.05) is 83.1 Å². The smallest absolute Gasteiger partial charge is 0.164 e. The number of carbonyl (C=O) groups excluding carboxylic acids is 2. The Morgan fingerprint density at radius 1 is 0.519 bits per heavy atom. The molecule has 2 N–H and O–H groups in total. The SMILES string of the molecule is CC(C)(C)C(=O)/C=C(/O)C(C)(C)C.CC(C)(C)C(=O)/C=C(\O)C(C)(C)C.[Ni]. The number of hydrogen-bond acceptors (Lipinski definition) is 4. The molecule has 0 heterocycles. The van der Waals surface area contributed by atoms with Crippen LogP contribution in [0.15, 0.2) is 23.7 Å². The zero-order valence-corrected chi connectivity index (χ0v) is 20.2. The van der Waals surface area contributed by atoms with E-state index in [1.807, 2.05) is 83.1 Å². The largest absolute Gasteiger partial charge is 0.512 e. The van der Waals surface area contributed by atoms with Gasteiger partial charge in [0, 0.05) is 50.3 Å². The Labute approximate surface area is 176 Å². The van der Waals surface area contributed by atoms with Crippen molar-refractivity contribution < 1.29 is 36.3 Å². The molecular formula is C22H40NiO4. The molecular weight excluding hydrogens is 387 g/mol. The predicted octanol–water partition coefficient (Wildman–Crippen LogP) is 6.18. The van der Waals surface area contributed by atoms with Crippen LogP contribution in [0.4, 0.5) is 0 Å². The molecule has 27 heavy (non-hydrogen) atoms. The molecule has 0 aliphatic heterocycles. The van der Waals surface area contributed by atoms with Gasteiger partial charge in [0.25, 0.3) is 0 Å². The van der Waals surface area contributed by atoms with Crippen LogP contribution < -0.4 is 0 Å². The molecule has 0 aromatic heterocycles. The van der Waals surface area contributed by atoms with Crippen molar-refractivity contribution in [3.05, 3.63) is 23.7 Å². The van der Waals surface area contributed by atoms with E-state index in [-0.39, 0.29) is 50.4 Å². The van der Waals surface area contributed by atoms with Gasteiger partial charge in [-0.15, -0.1) is 0 Å². The standard InChI is InChI=1S/2C11H20O2.Ni/c2*1-10(2,3)8(12)7-9(13)11(4,5)6;/h2*7,12H,1-6H3;/b8-7+;8-7-;. The monoisotopic (exact) mass is 426 g/mol. The van der Waals surface area contributed by atoms with Gasteiger partial charge in [0.1, 0.15) is 11.5 Å². The summed E-state index contributed by atoms with van der Waals surface area (Å²) in [6.45, 7) is 22.2. The molecule has 0 unspecified atom stereocenters. The maximum Gasteiger partial charge on any atom is 0.164 e. The minimum absolute atomic E-state index is 0. The summed E-state index contributed by atoms with van der Waals surface area (Å²) in [6.07, 6.45) is 2.67. The average Bonchev–Trinajstić information content (AvgIpc) is 2.34. The summed E-state index contributed by atoms with van der Waals surface area (Å²) in [5, 5.41) is 19.1. The normalized spacial score (nSPS) is 13.9. The molecule has 0 aliphatic carbocycles. The van der Waals surface area contributed by atoms with E-state index in [1.165, 1.54) is 12.2 Å². The van der Waals surface area contributed by atoms with Crippen LogP contribution in [0.25, 0.3) is 0 Å². The number of hydrogen-bond donors (Lipinski definition) is 2. The topological polar surface area (TPSA) is 74.6 Å². The van der Waals surface area contributed by atoms with E-state index in [9.17, 15) is 19.8 Å². The van der Waals surface area contributed by atoms with E-state index in [2.05, 4.69) is 0 Å². The molecule has 0 aliphatic rings. The Hall–Kier alpha value is -1.09. The van der Waals surface area contributed by atoms with E-state index in [1.54, 1.807) is 0 Å². The molecule has 0 bridgehead atoms. The maximum atomic E-state index is 11.5. The summed E-state index contributed by atoms with van der Waals surface area (Å²) >= 11 is 0. The van der Waals surface area contributed by atoms with Crippen molar-refractivity contribution >= 4 is 11.6 Å². The quantitative estimate of drug-likeness (QED) is 0.314. The van der Waals surface area contributed by atoms with Crippen LogP contribution in [0.5, 0.6) is 0 Å². The third-order valence-corrected chi connectivity index (χ3v) is 3.55. The van der Waals surface area contributed by atoms with Crippen LogP contribution in [-0.4, -0.2) is 21.8 Å².